The normalized spacial score (nSPS) is 24.8. The van der Waals surface area contributed by atoms with Crippen LogP contribution < -0.4 is 0 Å². The number of nitrogens with zero attached hydrogens (tertiary/aromatic N) is 2. The van der Waals surface area contributed by atoms with E-state index in [2.05, 4.69) is 33.8 Å². The largest absolute Gasteiger partial charge is 0.392 e. The van der Waals surface area contributed by atoms with E-state index in [0.29, 0.717) is 11.5 Å². The number of benzene rings is 1. The molecule has 1 aromatic carbocycles. The van der Waals surface area contributed by atoms with Crippen LogP contribution in [0.15, 0.2) is 22.7 Å². The lowest BCUT2D eigenvalue weighted by atomic mass is 9.96. The third kappa shape index (κ3) is 3.11. The van der Waals surface area contributed by atoms with Crippen LogP contribution in [0.2, 0.25) is 0 Å². The van der Waals surface area contributed by atoms with E-state index in [1.807, 2.05) is 18.2 Å². The highest BCUT2D eigenvalue weighted by molar-refractivity contribution is 9.10. The number of β-amino-alcohol motifs (C(OH)–C–C–N with tert-alkyl or cyclic N) is 1. The molecule has 1 heterocycles. The number of likely N-dealkylation sites (tertiary alicyclic amines) is 1. The molecule has 1 N–H and O–H groups in total. The molecule has 0 amide bonds. The molecule has 18 heavy (non-hydrogen) atoms. The Morgan fingerprint density at radius 2 is 2.33 bits per heavy atom. The molecule has 4 heteroatoms. The highest BCUT2D eigenvalue weighted by atomic mass is 79.9. The average molecular weight is 309 g/mol. The molecule has 0 unspecified atom stereocenters. The van der Waals surface area contributed by atoms with Gasteiger partial charge >= 0.3 is 0 Å². The molecule has 1 aromatic rings. The van der Waals surface area contributed by atoms with Crippen LogP contribution in [-0.2, 0) is 6.54 Å². The van der Waals surface area contributed by atoms with Gasteiger partial charge in [0.15, 0.2) is 0 Å². The summed E-state index contributed by atoms with van der Waals surface area (Å²) in [7, 11) is 0. The molecule has 0 aromatic heterocycles. The average Bonchev–Trinajstić information content (AvgIpc) is 2.36. The number of rotatable bonds is 2. The summed E-state index contributed by atoms with van der Waals surface area (Å²) in [6.45, 7) is 4.66. The maximum atomic E-state index is 9.88. The molecular weight excluding hydrogens is 292 g/mol. The van der Waals surface area contributed by atoms with Crippen LogP contribution in [-0.4, -0.2) is 29.2 Å². The van der Waals surface area contributed by atoms with Crippen LogP contribution in [0.5, 0.6) is 0 Å². The van der Waals surface area contributed by atoms with Gasteiger partial charge in [-0.15, -0.1) is 0 Å². The lowest BCUT2D eigenvalue weighted by Gasteiger charge is -2.34. The first kappa shape index (κ1) is 13.5. The third-order valence-electron chi connectivity index (χ3n) is 3.58. The minimum Gasteiger partial charge on any atom is -0.392 e. The molecule has 96 valence electrons. The van der Waals surface area contributed by atoms with Crippen LogP contribution in [0.1, 0.15) is 24.5 Å². The molecule has 0 saturated carbocycles. The van der Waals surface area contributed by atoms with E-state index in [1.54, 1.807) is 0 Å². The maximum absolute atomic E-state index is 9.88. The maximum Gasteiger partial charge on any atom is 0.0992 e. The Morgan fingerprint density at radius 3 is 2.94 bits per heavy atom. The van der Waals surface area contributed by atoms with Crippen molar-refractivity contribution in [2.45, 2.75) is 26.0 Å². The molecule has 0 radical (unpaired) electrons. The third-order valence-corrected chi connectivity index (χ3v) is 4.32. The number of hydrogen-bond donors (Lipinski definition) is 1. The Hall–Kier alpha value is -0.890. The number of hydrogen-bond acceptors (Lipinski definition) is 3. The Balaban J connectivity index is 2.04. The smallest absolute Gasteiger partial charge is 0.0992 e. The Bertz CT molecular complexity index is 469. The first-order valence-electron chi connectivity index (χ1n) is 6.19. The summed E-state index contributed by atoms with van der Waals surface area (Å²) in [6.07, 6.45) is 0.811. The second-order valence-corrected chi connectivity index (χ2v) is 5.84. The van der Waals surface area contributed by atoms with Crippen LogP contribution in [0, 0.1) is 17.2 Å². The first-order chi connectivity index (χ1) is 8.60. The van der Waals surface area contributed by atoms with Crippen molar-refractivity contribution in [3.63, 3.8) is 0 Å². The second-order valence-electron chi connectivity index (χ2n) is 4.99. The highest BCUT2D eigenvalue weighted by Gasteiger charge is 2.24. The van der Waals surface area contributed by atoms with Gasteiger partial charge in [0.1, 0.15) is 0 Å². The highest BCUT2D eigenvalue weighted by Crippen LogP contribution is 2.23. The molecule has 0 spiro atoms. The summed E-state index contributed by atoms with van der Waals surface area (Å²) < 4.78 is 0.967. The van der Waals surface area contributed by atoms with Crippen molar-refractivity contribution in [3.05, 3.63) is 33.8 Å². The Morgan fingerprint density at radius 1 is 1.56 bits per heavy atom. The molecular formula is C14H17BrN2O. The zero-order valence-corrected chi connectivity index (χ0v) is 12.0. The molecule has 0 aliphatic carbocycles. The zero-order chi connectivity index (χ0) is 13.1. The summed E-state index contributed by atoms with van der Waals surface area (Å²) >= 11 is 3.50. The van der Waals surface area contributed by atoms with E-state index < -0.39 is 0 Å². The van der Waals surface area contributed by atoms with Gasteiger partial charge in [0.25, 0.3) is 0 Å². The minimum absolute atomic E-state index is 0.226. The molecule has 0 bridgehead atoms. The number of piperidine rings is 1. The van der Waals surface area contributed by atoms with E-state index in [9.17, 15) is 5.11 Å². The Labute approximate surface area is 116 Å². The number of aliphatic hydroxyl groups is 1. The SMILES string of the molecule is C[C@@H]1CCN(Cc2ccc(C#N)cc2Br)C[C@H]1O. The first-order valence-corrected chi connectivity index (χ1v) is 6.98. The van der Waals surface area contributed by atoms with Gasteiger partial charge in [-0.3, -0.25) is 4.90 Å². The van der Waals surface area contributed by atoms with Crippen molar-refractivity contribution in [2.75, 3.05) is 13.1 Å². The second kappa shape index (κ2) is 5.83. The topological polar surface area (TPSA) is 47.3 Å². The van der Waals surface area contributed by atoms with E-state index in [0.717, 1.165) is 36.1 Å². The van der Waals surface area contributed by atoms with Gasteiger partial charge in [-0.2, -0.15) is 5.26 Å². The van der Waals surface area contributed by atoms with E-state index in [4.69, 9.17) is 5.26 Å². The number of nitriles is 1. The molecule has 1 aliphatic heterocycles. The minimum atomic E-state index is -0.226. The van der Waals surface area contributed by atoms with Crippen molar-refractivity contribution in [2.24, 2.45) is 5.92 Å². The molecule has 1 fully saturated rings. The number of halogens is 1. The van der Waals surface area contributed by atoms with Gasteiger partial charge in [0.05, 0.1) is 17.7 Å². The van der Waals surface area contributed by atoms with Gasteiger partial charge < -0.3 is 5.11 Å². The van der Waals surface area contributed by atoms with Crippen LogP contribution in [0.3, 0.4) is 0 Å². The van der Waals surface area contributed by atoms with Crippen LogP contribution >= 0.6 is 15.9 Å². The van der Waals surface area contributed by atoms with Crippen molar-refractivity contribution in [1.29, 1.82) is 5.26 Å². The summed E-state index contributed by atoms with van der Waals surface area (Å²) in [5.41, 5.74) is 1.83. The predicted octanol–water partition coefficient (Wildman–Crippen LogP) is 2.52. The van der Waals surface area contributed by atoms with Gasteiger partial charge in [-0.25, -0.2) is 0 Å². The fraction of sp³-hybridized carbons (Fsp3) is 0.500. The van der Waals surface area contributed by atoms with Gasteiger partial charge in [0.2, 0.25) is 0 Å². The predicted molar refractivity (Wildman–Crippen MR) is 73.9 cm³/mol. The van der Waals surface area contributed by atoms with Crippen molar-refractivity contribution >= 4 is 15.9 Å². The van der Waals surface area contributed by atoms with Crippen molar-refractivity contribution < 1.29 is 5.11 Å². The van der Waals surface area contributed by atoms with Crippen LogP contribution in [0.4, 0.5) is 0 Å². The molecule has 3 nitrogen and oxygen atoms in total. The summed E-state index contributed by atoms with van der Waals surface area (Å²) in [5.74, 6) is 0.394. The fourth-order valence-electron chi connectivity index (χ4n) is 2.24. The molecule has 2 atom stereocenters. The summed E-state index contributed by atoms with van der Waals surface area (Å²) in [5, 5.41) is 18.7. The molecule has 2 rings (SSSR count). The zero-order valence-electron chi connectivity index (χ0n) is 10.4. The van der Waals surface area contributed by atoms with Crippen molar-refractivity contribution in [3.8, 4) is 6.07 Å². The molecule has 1 aliphatic rings. The number of aliphatic hydroxyl groups excluding tert-OH is 1. The van der Waals surface area contributed by atoms with Gasteiger partial charge in [-0.1, -0.05) is 28.9 Å². The standard InChI is InChI=1S/C14H17BrN2O/c1-10-4-5-17(9-14(10)18)8-12-3-2-11(7-16)6-13(12)15/h2-3,6,10,14,18H,4-5,8-9H2,1H3/t10-,14-/m1/s1. The lowest BCUT2D eigenvalue weighted by molar-refractivity contribution is 0.0258. The monoisotopic (exact) mass is 308 g/mol. The van der Waals surface area contributed by atoms with E-state index in [1.165, 1.54) is 0 Å². The van der Waals surface area contributed by atoms with E-state index >= 15 is 0 Å². The van der Waals surface area contributed by atoms with Gasteiger partial charge in [-0.05, 0) is 36.6 Å². The summed E-state index contributed by atoms with van der Waals surface area (Å²) in [6, 6.07) is 7.79. The molecule has 1 saturated heterocycles. The van der Waals surface area contributed by atoms with Crippen LogP contribution in [0.25, 0.3) is 0 Å². The van der Waals surface area contributed by atoms with Gasteiger partial charge in [0, 0.05) is 17.6 Å². The fourth-order valence-corrected chi connectivity index (χ4v) is 2.75. The Kier molecular flexibility index (Phi) is 4.39. The van der Waals surface area contributed by atoms with E-state index in [-0.39, 0.29) is 6.10 Å². The quantitative estimate of drug-likeness (QED) is 0.913. The summed E-state index contributed by atoms with van der Waals surface area (Å²) in [4.78, 5) is 2.26. The lowest BCUT2D eigenvalue weighted by Crippen LogP contribution is -2.42. The van der Waals surface area contributed by atoms with Crippen molar-refractivity contribution in [1.82, 2.24) is 4.90 Å².